The molecule has 0 atom stereocenters. The van der Waals surface area contributed by atoms with Crippen LogP contribution in [0, 0.1) is 41.5 Å². The van der Waals surface area contributed by atoms with Crippen LogP contribution < -0.4 is 0 Å². The van der Waals surface area contributed by atoms with Crippen molar-refractivity contribution in [3.63, 3.8) is 0 Å². The van der Waals surface area contributed by atoms with Gasteiger partial charge in [0, 0.05) is 52.6 Å². The molecule has 0 amide bonds. The van der Waals surface area contributed by atoms with E-state index in [4.69, 9.17) is 9.40 Å². The van der Waals surface area contributed by atoms with Crippen molar-refractivity contribution < 1.29 is 42.1 Å². The number of benzene rings is 7. The monoisotopic (exact) mass is 1100 g/mol. The van der Waals surface area contributed by atoms with Crippen LogP contribution >= 0.6 is 0 Å². The van der Waals surface area contributed by atoms with E-state index in [1.165, 1.54) is 0 Å². The molecule has 0 aliphatic carbocycles. The van der Waals surface area contributed by atoms with Crippen molar-refractivity contribution in [2.24, 2.45) is 0 Å². The SMILES string of the molecule is Fc1c[c-]c(-c2ccc(CCc3cc(CCc4ccc(-c5[c-]cc(F)cc5F)nc4)cc(-c4ccccc4-c4c[c-]c(-c5cc(-c6ccc7c(c6)oc6ccccc67)ccn5)cc4)c3)cn2)c(F)c1.[Ir+3]. The first-order valence-electron chi connectivity index (χ1n) is 22.5. The molecule has 9 heteroatoms. The van der Waals surface area contributed by atoms with Crippen LogP contribution in [0.25, 0.3) is 89.1 Å². The van der Waals surface area contributed by atoms with Gasteiger partial charge in [0.25, 0.3) is 0 Å². The third kappa shape index (κ3) is 9.72. The molecule has 0 bridgehead atoms. The maximum absolute atomic E-state index is 14.5. The number of nitrogens with zero attached hydrogens (tertiary/aromatic N) is 3. The van der Waals surface area contributed by atoms with Crippen LogP contribution in [0.15, 0.2) is 187 Å². The number of halogens is 4. The van der Waals surface area contributed by atoms with Gasteiger partial charge in [0.05, 0.1) is 0 Å². The standard InChI is InChI=1S/C61H38F4N3O.Ir/c62-47-20-23-53(55(64)34-47)57-25-13-38(36-67-57)9-11-40-29-41(12-10-39-14-26-58(68-37-39)54-24-21-48(63)35-56(54)65)31-46(30-40)50-6-2-1-5-49(50)42-15-17-43(18-16-42)59-32-45(27-28-66-59)44-19-22-52-51-7-3-4-8-60(51)69-61(52)33-44;/h1-8,13-17,19-22,25-37H,9-12H2;/q-3;+3. The van der Waals surface area contributed by atoms with Gasteiger partial charge in [-0.15, -0.1) is 54.1 Å². The molecule has 7 aromatic carbocycles. The van der Waals surface area contributed by atoms with Crippen molar-refractivity contribution in [2.45, 2.75) is 25.7 Å². The summed E-state index contributed by atoms with van der Waals surface area (Å²) in [4.78, 5) is 13.7. The summed E-state index contributed by atoms with van der Waals surface area (Å²) >= 11 is 0. The molecule has 4 heterocycles. The second-order valence-electron chi connectivity index (χ2n) is 17.0. The molecule has 70 heavy (non-hydrogen) atoms. The van der Waals surface area contributed by atoms with Gasteiger partial charge >= 0.3 is 20.1 Å². The fourth-order valence-corrected chi connectivity index (χ4v) is 8.91. The Hall–Kier alpha value is -7.84. The topological polar surface area (TPSA) is 51.8 Å². The maximum atomic E-state index is 14.5. The first kappa shape index (κ1) is 45.9. The number of pyridine rings is 3. The van der Waals surface area contributed by atoms with Gasteiger partial charge in [0.15, 0.2) is 0 Å². The molecule has 0 saturated heterocycles. The second-order valence-corrected chi connectivity index (χ2v) is 17.0. The van der Waals surface area contributed by atoms with Gasteiger partial charge in [-0.25, -0.2) is 0 Å². The summed E-state index contributed by atoms with van der Waals surface area (Å²) in [5, 5.41) is 2.18. The number of furan rings is 1. The van der Waals surface area contributed by atoms with E-state index < -0.39 is 23.3 Å². The summed E-state index contributed by atoms with van der Waals surface area (Å²) in [6.07, 6.45) is 8.05. The van der Waals surface area contributed by atoms with Crippen molar-refractivity contribution in [1.82, 2.24) is 15.0 Å². The first-order chi connectivity index (χ1) is 33.8. The zero-order valence-corrected chi connectivity index (χ0v) is 39.6. The van der Waals surface area contributed by atoms with E-state index in [2.05, 4.69) is 101 Å². The van der Waals surface area contributed by atoms with Gasteiger partial charge in [-0.3, -0.25) is 17.6 Å². The number of aryl methyl sites for hydroxylation is 4. The Kier molecular flexibility index (Phi) is 13.1. The summed E-state index contributed by atoms with van der Waals surface area (Å²) in [5.41, 5.74) is 14.8. The van der Waals surface area contributed by atoms with E-state index >= 15 is 0 Å². The van der Waals surface area contributed by atoms with Gasteiger partial charge < -0.3 is 19.4 Å². The van der Waals surface area contributed by atoms with Crippen LogP contribution in [-0.2, 0) is 45.8 Å². The van der Waals surface area contributed by atoms with E-state index in [0.29, 0.717) is 37.1 Å². The fraction of sp³-hybridized carbons (Fsp3) is 0.0656. The smallest absolute Gasteiger partial charge is 0.456 e. The average molecular weight is 1100 g/mol. The number of fused-ring (bicyclic) bond motifs is 3. The number of rotatable bonds is 12. The molecule has 0 aliphatic rings. The average Bonchev–Trinajstić information content (AvgIpc) is 3.76. The molecule has 0 unspecified atom stereocenters. The Balaban J connectivity index is 0.00000567. The number of hydrogen-bond acceptors (Lipinski definition) is 4. The Bertz CT molecular complexity index is 3550. The van der Waals surface area contributed by atoms with Crippen molar-refractivity contribution >= 4 is 21.9 Å². The predicted octanol–water partition coefficient (Wildman–Crippen LogP) is 15.3. The fourth-order valence-electron chi connectivity index (χ4n) is 8.91. The van der Waals surface area contributed by atoms with Gasteiger partial charge in [0.1, 0.15) is 11.2 Å². The van der Waals surface area contributed by atoms with Crippen molar-refractivity contribution in [3.05, 3.63) is 246 Å². The number of para-hydroxylation sites is 1. The predicted molar refractivity (Wildman–Crippen MR) is 264 cm³/mol. The van der Waals surface area contributed by atoms with E-state index in [0.717, 1.165) is 113 Å². The molecule has 0 radical (unpaired) electrons. The summed E-state index contributed by atoms with van der Waals surface area (Å²) < 4.78 is 62.3. The molecule has 4 nitrogen and oxygen atoms in total. The van der Waals surface area contributed by atoms with E-state index in [1.807, 2.05) is 60.8 Å². The normalized spacial score (nSPS) is 11.3. The minimum Gasteiger partial charge on any atom is -0.456 e. The van der Waals surface area contributed by atoms with E-state index in [-0.39, 0.29) is 31.2 Å². The Morgan fingerprint density at radius 1 is 0.414 bits per heavy atom. The zero-order chi connectivity index (χ0) is 46.8. The molecule has 340 valence electrons. The van der Waals surface area contributed by atoms with E-state index in [9.17, 15) is 17.6 Å². The van der Waals surface area contributed by atoms with Gasteiger partial charge in [-0.05, 0) is 112 Å². The van der Waals surface area contributed by atoms with Gasteiger partial charge in [0.2, 0.25) is 0 Å². The zero-order valence-electron chi connectivity index (χ0n) is 37.2. The molecule has 0 saturated carbocycles. The molecule has 11 rings (SSSR count). The molecule has 0 spiro atoms. The van der Waals surface area contributed by atoms with E-state index in [1.54, 1.807) is 24.5 Å². The van der Waals surface area contributed by atoms with Crippen molar-refractivity contribution in [1.29, 1.82) is 0 Å². The minimum absolute atomic E-state index is 0. The van der Waals surface area contributed by atoms with Crippen LogP contribution in [0.1, 0.15) is 22.3 Å². The number of aromatic nitrogens is 3. The maximum Gasteiger partial charge on any atom is 3.00 e. The molecule has 0 N–H and O–H groups in total. The largest absolute Gasteiger partial charge is 3.00 e. The Morgan fingerprint density at radius 3 is 1.59 bits per heavy atom. The molecule has 0 aliphatic heterocycles. The van der Waals surface area contributed by atoms with Crippen molar-refractivity contribution in [2.75, 3.05) is 0 Å². The quantitative estimate of drug-likeness (QED) is 0.0904. The summed E-state index contributed by atoms with van der Waals surface area (Å²) in [5.74, 6) is -2.80. The first-order valence-corrected chi connectivity index (χ1v) is 22.5. The molecule has 4 aromatic heterocycles. The third-order valence-corrected chi connectivity index (χ3v) is 12.4. The molecule has 11 aromatic rings. The molecular formula is C61H38F4IrN3O. The van der Waals surface area contributed by atoms with Crippen LogP contribution in [0.5, 0.6) is 0 Å². The van der Waals surface area contributed by atoms with Crippen molar-refractivity contribution in [3.8, 4) is 67.2 Å². The molecule has 0 fully saturated rings. The third-order valence-electron chi connectivity index (χ3n) is 12.4. The Labute approximate surface area is 415 Å². The van der Waals surface area contributed by atoms with Gasteiger partial charge in [-0.1, -0.05) is 131 Å². The second kappa shape index (κ2) is 20.0. The molecular weight excluding hydrogens is 1060 g/mol. The number of hydrogen-bond donors (Lipinski definition) is 0. The van der Waals surface area contributed by atoms with Crippen LogP contribution in [0.2, 0.25) is 0 Å². The summed E-state index contributed by atoms with van der Waals surface area (Å²) in [6, 6.07) is 59.7. The summed E-state index contributed by atoms with van der Waals surface area (Å²) in [6.45, 7) is 0. The minimum atomic E-state index is -0.711. The van der Waals surface area contributed by atoms with Crippen LogP contribution in [-0.4, -0.2) is 15.0 Å². The van der Waals surface area contributed by atoms with Gasteiger partial charge in [-0.2, -0.15) is 0 Å². The van der Waals surface area contributed by atoms with Crippen LogP contribution in [0.4, 0.5) is 17.6 Å². The summed E-state index contributed by atoms with van der Waals surface area (Å²) in [7, 11) is 0. The van der Waals surface area contributed by atoms with Crippen LogP contribution in [0.3, 0.4) is 0 Å². The Morgan fingerprint density at radius 2 is 0.986 bits per heavy atom.